The summed E-state index contributed by atoms with van der Waals surface area (Å²) in [5.74, 6) is 1.86. The summed E-state index contributed by atoms with van der Waals surface area (Å²) in [5.41, 5.74) is 3.96. The van der Waals surface area contributed by atoms with E-state index in [2.05, 4.69) is 26.6 Å². The van der Waals surface area contributed by atoms with Crippen molar-refractivity contribution in [2.24, 2.45) is 5.92 Å². The van der Waals surface area contributed by atoms with E-state index in [9.17, 15) is 10.1 Å². The number of hydrogen-bond donors (Lipinski definition) is 1. The number of carbonyl (C=O) groups excluding carboxylic acids is 1. The lowest BCUT2D eigenvalue weighted by molar-refractivity contribution is 0.101. The highest BCUT2D eigenvalue weighted by atomic mass is 16.1. The van der Waals surface area contributed by atoms with Gasteiger partial charge in [-0.15, -0.1) is 5.10 Å². The van der Waals surface area contributed by atoms with E-state index in [1.54, 1.807) is 12.4 Å². The number of Topliss-reactive ketones (excluding diaryl/α,β-unsaturated/α-hetero) is 1. The van der Waals surface area contributed by atoms with Crippen molar-refractivity contribution < 1.29 is 4.79 Å². The molecular weight excluding hydrogens is 416 g/mol. The van der Waals surface area contributed by atoms with Gasteiger partial charge in [-0.2, -0.15) is 10.4 Å². The molecular formula is C24H22N8O. The number of nitrogens with zero attached hydrogens (tertiary/aromatic N) is 7. The van der Waals surface area contributed by atoms with Crippen LogP contribution in [-0.4, -0.2) is 43.6 Å². The average molecular weight is 438 g/mol. The highest BCUT2D eigenvalue weighted by molar-refractivity contribution is 5.99. The summed E-state index contributed by atoms with van der Waals surface area (Å²) in [6, 6.07) is 15.6. The molecule has 1 N–H and O–H groups in total. The number of aromatic nitrogens is 5. The van der Waals surface area contributed by atoms with Gasteiger partial charge in [0.05, 0.1) is 34.3 Å². The first-order chi connectivity index (χ1) is 16.0. The summed E-state index contributed by atoms with van der Waals surface area (Å²) in [6.45, 7) is 4.71. The molecule has 164 valence electrons. The number of nitriles is 1. The Bertz CT molecular complexity index is 1390. The van der Waals surface area contributed by atoms with Crippen LogP contribution >= 0.6 is 0 Å². The van der Waals surface area contributed by atoms with Gasteiger partial charge in [0.1, 0.15) is 18.0 Å². The smallest absolute Gasteiger partial charge is 0.163 e. The molecule has 33 heavy (non-hydrogen) atoms. The van der Waals surface area contributed by atoms with E-state index in [0.717, 1.165) is 28.8 Å². The van der Waals surface area contributed by atoms with Crippen molar-refractivity contribution in [3.8, 4) is 11.9 Å². The molecule has 1 aliphatic rings. The lowest BCUT2D eigenvalue weighted by atomic mass is 10.1. The Labute approximate surface area is 190 Å². The second kappa shape index (κ2) is 8.31. The van der Waals surface area contributed by atoms with Gasteiger partial charge in [0, 0.05) is 18.8 Å². The number of aryl methyl sites for hydroxylation is 1. The van der Waals surface area contributed by atoms with Crippen LogP contribution in [0.1, 0.15) is 29.4 Å². The van der Waals surface area contributed by atoms with Gasteiger partial charge in [-0.25, -0.2) is 9.97 Å². The van der Waals surface area contributed by atoms with E-state index < -0.39 is 0 Å². The number of nitrogens with one attached hydrogen (secondary N) is 1. The van der Waals surface area contributed by atoms with Gasteiger partial charge in [-0.05, 0) is 62.7 Å². The first kappa shape index (κ1) is 20.6. The predicted octanol–water partition coefficient (Wildman–Crippen LogP) is 3.82. The maximum absolute atomic E-state index is 12.2. The molecule has 0 spiro atoms. The van der Waals surface area contributed by atoms with Gasteiger partial charge in [-0.1, -0.05) is 0 Å². The highest BCUT2D eigenvalue weighted by Crippen LogP contribution is 2.28. The largest absolute Gasteiger partial charge is 0.355 e. The normalized spacial score (nSPS) is 15.5. The number of hydrogen-bond acceptors (Lipinski definition) is 8. The van der Waals surface area contributed by atoms with Crippen molar-refractivity contribution in [1.82, 2.24) is 24.7 Å². The van der Waals surface area contributed by atoms with Gasteiger partial charge in [0.15, 0.2) is 11.6 Å². The SMILES string of the molecule is CC(=O)c1ccc(-n2cnc3cc(Nc4ccc(C)nn4)ccc32)nc1N1CCC(C#N)C1. The van der Waals surface area contributed by atoms with Gasteiger partial charge >= 0.3 is 0 Å². The molecule has 0 amide bonds. The minimum Gasteiger partial charge on any atom is -0.355 e. The van der Waals surface area contributed by atoms with E-state index >= 15 is 0 Å². The van der Waals surface area contributed by atoms with E-state index in [4.69, 9.17) is 4.98 Å². The minimum absolute atomic E-state index is 0.0464. The van der Waals surface area contributed by atoms with Gasteiger partial charge in [-0.3, -0.25) is 9.36 Å². The Kier molecular flexibility index (Phi) is 5.18. The van der Waals surface area contributed by atoms with Crippen LogP contribution in [0.3, 0.4) is 0 Å². The molecule has 9 heteroatoms. The van der Waals surface area contributed by atoms with Crippen LogP contribution in [0, 0.1) is 24.2 Å². The van der Waals surface area contributed by atoms with Crippen LogP contribution in [0.25, 0.3) is 16.9 Å². The number of benzene rings is 1. The standard InChI is InChI=1S/C24H22N8O/c1-15-3-7-22(30-29-15)27-18-4-6-21-20(11-18)26-14-32(21)23-8-5-19(16(2)33)24(28-23)31-10-9-17(12-25)13-31/h3-8,11,14,17H,9-10,13H2,1-2H3,(H,27,30). The Morgan fingerprint density at radius 1 is 1.18 bits per heavy atom. The van der Waals surface area contributed by atoms with Crippen molar-refractivity contribution in [3.05, 3.63) is 60.0 Å². The molecule has 0 bridgehead atoms. The van der Waals surface area contributed by atoms with Crippen molar-refractivity contribution in [2.75, 3.05) is 23.3 Å². The number of pyridine rings is 1. The highest BCUT2D eigenvalue weighted by Gasteiger charge is 2.26. The summed E-state index contributed by atoms with van der Waals surface area (Å²) in [5, 5.41) is 20.7. The topological polar surface area (TPSA) is 113 Å². The second-order valence-electron chi connectivity index (χ2n) is 8.16. The van der Waals surface area contributed by atoms with E-state index in [1.165, 1.54) is 6.92 Å². The molecule has 4 aromatic rings. The monoisotopic (exact) mass is 438 g/mol. The van der Waals surface area contributed by atoms with E-state index in [-0.39, 0.29) is 11.7 Å². The number of carbonyl (C=O) groups is 1. The van der Waals surface area contributed by atoms with E-state index in [0.29, 0.717) is 36.1 Å². The molecule has 1 atom stereocenters. The number of imidazole rings is 1. The molecule has 1 unspecified atom stereocenters. The fourth-order valence-corrected chi connectivity index (χ4v) is 4.03. The summed E-state index contributed by atoms with van der Waals surface area (Å²) in [7, 11) is 0. The van der Waals surface area contributed by atoms with Gasteiger partial charge in [0.2, 0.25) is 0 Å². The number of ketones is 1. The molecule has 9 nitrogen and oxygen atoms in total. The van der Waals surface area contributed by atoms with Gasteiger partial charge in [0.25, 0.3) is 0 Å². The molecule has 0 saturated carbocycles. The average Bonchev–Trinajstić information content (AvgIpc) is 3.47. The van der Waals surface area contributed by atoms with Crippen molar-refractivity contribution in [2.45, 2.75) is 20.3 Å². The third-order valence-corrected chi connectivity index (χ3v) is 5.77. The molecule has 1 aliphatic heterocycles. The third kappa shape index (κ3) is 3.99. The van der Waals surface area contributed by atoms with Gasteiger partial charge < -0.3 is 10.2 Å². The van der Waals surface area contributed by atoms with Crippen molar-refractivity contribution >= 4 is 34.1 Å². The van der Waals surface area contributed by atoms with E-state index in [1.807, 2.05) is 52.8 Å². The van der Waals surface area contributed by atoms with Crippen LogP contribution in [0.4, 0.5) is 17.3 Å². The van der Waals surface area contributed by atoms with Crippen molar-refractivity contribution in [1.29, 1.82) is 5.26 Å². The maximum Gasteiger partial charge on any atom is 0.163 e. The summed E-state index contributed by atoms with van der Waals surface area (Å²) < 4.78 is 1.90. The molecule has 5 rings (SSSR count). The first-order valence-corrected chi connectivity index (χ1v) is 10.7. The number of rotatable bonds is 5. The lowest BCUT2D eigenvalue weighted by Gasteiger charge is -2.20. The molecule has 1 aromatic carbocycles. The fraction of sp³-hybridized carbons (Fsp3) is 0.250. The number of anilines is 3. The Morgan fingerprint density at radius 3 is 2.79 bits per heavy atom. The second-order valence-corrected chi connectivity index (χ2v) is 8.16. The fourth-order valence-electron chi connectivity index (χ4n) is 4.03. The Morgan fingerprint density at radius 2 is 2.06 bits per heavy atom. The molecule has 3 aromatic heterocycles. The predicted molar refractivity (Wildman–Crippen MR) is 125 cm³/mol. The zero-order valence-corrected chi connectivity index (χ0v) is 18.4. The lowest BCUT2D eigenvalue weighted by Crippen LogP contribution is -2.23. The molecule has 1 saturated heterocycles. The molecule has 1 fully saturated rings. The van der Waals surface area contributed by atoms with Crippen LogP contribution in [-0.2, 0) is 0 Å². The van der Waals surface area contributed by atoms with Crippen LogP contribution in [0.5, 0.6) is 0 Å². The molecule has 0 radical (unpaired) electrons. The zero-order chi connectivity index (χ0) is 22.9. The quantitative estimate of drug-likeness (QED) is 0.468. The summed E-state index contributed by atoms with van der Waals surface area (Å²) in [6.07, 6.45) is 2.50. The minimum atomic E-state index is -0.0477. The Balaban J connectivity index is 1.48. The summed E-state index contributed by atoms with van der Waals surface area (Å²) >= 11 is 0. The van der Waals surface area contributed by atoms with Crippen LogP contribution in [0.2, 0.25) is 0 Å². The maximum atomic E-state index is 12.2. The zero-order valence-electron chi connectivity index (χ0n) is 18.4. The Hall–Kier alpha value is -4.32. The number of fused-ring (bicyclic) bond motifs is 1. The van der Waals surface area contributed by atoms with Crippen LogP contribution in [0.15, 0.2) is 48.8 Å². The first-order valence-electron chi connectivity index (χ1n) is 10.7. The summed E-state index contributed by atoms with van der Waals surface area (Å²) in [4.78, 5) is 23.6. The van der Waals surface area contributed by atoms with Crippen LogP contribution < -0.4 is 10.2 Å². The molecule has 0 aliphatic carbocycles. The molecule has 4 heterocycles. The third-order valence-electron chi connectivity index (χ3n) is 5.77. The van der Waals surface area contributed by atoms with Crippen molar-refractivity contribution in [3.63, 3.8) is 0 Å².